The fourth-order valence-corrected chi connectivity index (χ4v) is 4.00. The van der Waals surface area contributed by atoms with Crippen LogP contribution in [0.5, 0.6) is 5.75 Å². The molecular formula is C24H22F3N5O3. The summed E-state index contributed by atoms with van der Waals surface area (Å²) in [6.45, 7) is 0.541. The molecule has 1 aliphatic heterocycles. The van der Waals surface area contributed by atoms with E-state index in [2.05, 4.69) is 10.4 Å². The summed E-state index contributed by atoms with van der Waals surface area (Å²) in [5.41, 5.74) is 5.73. The molecule has 0 aliphatic carbocycles. The van der Waals surface area contributed by atoms with E-state index in [0.29, 0.717) is 26.1 Å². The second-order valence-electron chi connectivity index (χ2n) is 7.95. The van der Waals surface area contributed by atoms with Crippen LogP contribution in [0, 0.1) is 28.8 Å². The zero-order valence-electron chi connectivity index (χ0n) is 18.8. The quantitative estimate of drug-likeness (QED) is 0.550. The third kappa shape index (κ3) is 4.79. The Hall–Kier alpha value is -4.04. The highest BCUT2D eigenvalue weighted by Gasteiger charge is 2.25. The molecule has 0 bridgehead atoms. The number of nitriles is 1. The predicted octanol–water partition coefficient (Wildman–Crippen LogP) is 3.71. The first-order valence-electron chi connectivity index (χ1n) is 10.8. The summed E-state index contributed by atoms with van der Waals surface area (Å²) in [4.78, 5) is 12.5. The van der Waals surface area contributed by atoms with Gasteiger partial charge in [-0.3, -0.25) is 4.79 Å². The van der Waals surface area contributed by atoms with Crippen LogP contribution in [0.15, 0.2) is 30.3 Å². The Morgan fingerprint density at radius 1 is 1.26 bits per heavy atom. The second-order valence-corrected chi connectivity index (χ2v) is 7.95. The molecule has 2 heterocycles. The van der Waals surface area contributed by atoms with Gasteiger partial charge in [0.15, 0.2) is 0 Å². The number of nitrogens with one attached hydrogen (secondary N) is 1. The number of carbonyl (C=O) groups excluding carboxylic acids is 1. The first-order valence-corrected chi connectivity index (χ1v) is 10.8. The molecule has 1 fully saturated rings. The fourth-order valence-electron chi connectivity index (χ4n) is 4.00. The number of nitrogens with two attached hydrogens (primary N) is 1. The van der Waals surface area contributed by atoms with E-state index >= 15 is 0 Å². The first kappa shape index (κ1) is 24.1. The Morgan fingerprint density at radius 3 is 2.57 bits per heavy atom. The van der Waals surface area contributed by atoms with E-state index in [4.69, 9.17) is 15.2 Å². The molecule has 1 saturated heterocycles. The molecule has 0 radical (unpaired) electrons. The molecule has 3 aromatic rings. The molecule has 0 unspecified atom stereocenters. The molecule has 0 spiro atoms. The van der Waals surface area contributed by atoms with Gasteiger partial charge in [-0.2, -0.15) is 10.4 Å². The number of nitrogen functional groups attached to an aromatic ring is 1. The van der Waals surface area contributed by atoms with E-state index in [1.54, 1.807) is 0 Å². The lowest BCUT2D eigenvalue weighted by Crippen LogP contribution is -2.24. The van der Waals surface area contributed by atoms with Crippen molar-refractivity contribution in [2.75, 3.05) is 26.1 Å². The van der Waals surface area contributed by atoms with Crippen molar-refractivity contribution in [2.45, 2.75) is 25.4 Å². The molecule has 11 heteroatoms. The van der Waals surface area contributed by atoms with E-state index in [1.807, 2.05) is 6.07 Å². The lowest BCUT2D eigenvalue weighted by Gasteiger charge is -2.23. The molecule has 182 valence electrons. The van der Waals surface area contributed by atoms with Crippen molar-refractivity contribution in [3.63, 3.8) is 0 Å². The van der Waals surface area contributed by atoms with Crippen LogP contribution in [0.3, 0.4) is 0 Å². The second kappa shape index (κ2) is 10.1. The number of benzene rings is 2. The molecular weight excluding hydrogens is 463 g/mol. The molecule has 35 heavy (non-hydrogen) atoms. The summed E-state index contributed by atoms with van der Waals surface area (Å²) in [5.74, 6) is -3.09. The van der Waals surface area contributed by atoms with Gasteiger partial charge in [0.05, 0.1) is 18.7 Å². The maximum absolute atomic E-state index is 14.9. The van der Waals surface area contributed by atoms with Gasteiger partial charge in [0, 0.05) is 30.9 Å². The normalized spacial score (nSPS) is 13.9. The molecule has 3 N–H and O–H groups in total. The summed E-state index contributed by atoms with van der Waals surface area (Å²) in [6, 6.07) is 7.30. The van der Waals surface area contributed by atoms with Crippen molar-refractivity contribution in [3.8, 4) is 23.1 Å². The number of amides is 1. The standard InChI is InChI=1S/C24H22F3N5O3/c1-34-21-3-2-14(25)10-16(21)24(33)30-12-18-19(26)8-13(9-20(18)27)22-17(11-28)23(29)32(31-22)15-4-6-35-7-5-15/h2-3,8-10,15H,4-7,12,29H2,1H3,(H,30,33). The minimum atomic E-state index is -0.949. The summed E-state index contributed by atoms with van der Waals surface area (Å²) in [7, 11) is 1.31. The van der Waals surface area contributed by atoms with Crippen LogP contribution in [0.2, 0.25) is 0 Å². The molecule has 1 aromatic heterocycles. The zero-order valence-corrected chi connectivity index (χ0v) is 18.8. The van der Waals surface area contributed by atoms with Gasteiger partial charge in [0.1, 0.15) is 46.3 Å². The Morgan fingerprint density at radius 2 is 1.94 bits per heavy atom. The largest absolute Gasteiger partial charge is 0.496 e. The molecule has 4 rings (SSSR count). The van der Waals surface area contributed by atoms with Crippen LogP contribution in [0.4, 0.5) is 19.0 Å². The van der Waals surface area contributed by atoms with Crippen molar-refractivity contribution in [2.24, 2.45) is 0 Å². The van der Waals surface area contributed by atoms with Gasteiger partial charge >= 0.3 is 0 Å². The van der Waals surface area contributed by atoms with Crippen molar-refractivity contribution < 1.29 is 27.4 Å². The monoisotopic (exact) mass is 485 g/mol. The summed E-state index contributed by atoms with van der Waals surface area (Å²) < 4.78 is 55.3. The number of nitrogens with zero attached hydrogens (tertiary/aromatic N) is 3. The van der Waals surface area contributed by atoms with Gasteiger partial charge < -0.3 is 20.5 Å². The Bertz CT molecular complexity index is 1290. The number of rotatable bonds is 6. The van der Waals surface area contributed by atoms with E-state index in [-0.39, 0.29) is 40.0 Å². The average Bonchev–Trinajstić information content (AvgIpc) is 3.19. The maximum Gasteiger partial charge on any atom is 0.255 e. The van der Waals surface area contributed by atoms with Gasteiger partial charge in [-0.1, -0.05) is 0 Å². The summed E-state index contributed by atoms with van der Waals surface area (Å²) in [5, 5.41) is 16.4. The van der Waals surface area contributed by atoms with Gasteiger partial charge in [0.2, 0.25) is 0 Å². The Labute approximate surface area is 199 Å². The van der Waals surface area contributed by atoms with Gasteiger partial charge in [-0.15, -0.1) is 0 Å². The van der Waals surface area contributed by atoms with Crippen LogP contribution in [-0.2, 0) is 11.3 Å². The van der Waals surface area contributed by atoms with Crippen molar-refractivity contribution >= 4 is 11.7 Å². The fraction of sp³-hybridized carbons (Fsp3) is 0.292. The maximum atomic E-state index is 14.9. The molecule has 1 amide bonds. The molecule has 1 aliphatic rings. The number of halogens is 3. The number of methoxy groups -OCH3 is 1. The third-order valence-corrected chi connectivity index (χ3v) is 5.84. The summed E-state index contributed by atoms with van der Waals surface area (Å²) in [6.07, 6.45) is 1.29. The van der Waals surface area contributed by atoms with Crippen LogP contribution >= 0.6 is 0 Å². The van der Waals surface area contributed by atoms with Crippen LogP contribution < -0.4 is 15.8 Å². The summed E-state index contributed by atoms with van der Waals surface area (Å²) >= 11 is 0. The van der Waals surface area contributed by atoms with Gasteiger partial charge in [-0.25, -0.2) is 17.9 Å². The molecule has 2 aromatic carbocycles. The first-order chi connectivity index (χ1) is 16.8. The lowest BCUT2D eigenvalue weighted by atomic mass is 10.0. The van der Waals surface area contributed by atoms with Gasteiger partial charge in [0.25, 0.3) is 5.91 Å². The number of carbonyl (C=O) groups is 1. The molecule has 8 nitrogen and oxygen atoms in total. The van der Waals surface area contributed by atoms with Crippen molar-refractivity contribution in [1.82, 2.24) is 15.1 Å². The SMILES string of the molecule is COc1ccc(F)cc1C(=O)NCc1c(F)cc(-c2nn(C3CCOCC3)c(N)c2C#N)cc1F. The zero-order chi connectivity index (χ0) is 25.1. The molecule has 0 atom stereocenters. The van der Waals surface area contributed by atoms with E-state index < -0.39 is 35.5 Å². The average molecular weight is 485 g/mol. The van der Waals surface area contributed by atoms with E-state index in [1.165, 1.54) is 17.9 Å². The topological polar surface area (TPSA) is 115 Å². The highest BCUT2D eigenvalue weighted by atomic mass is 19.1. The number of ether oxygens (including phenoxy) is 2. The number of aromatic nitrogens is 2. The number of hydrogen-bond donors (Lipinski definition) is 2. The van der Waals surface area contributed by atoms with Crippen LogP contribution in [0.1, 0.15) is 40.4 Å². The highest BCUT2D eigenvalue weighted by Crippen LogP contribution is 2.33. The minimum absolute atomic E-state index is 0.0227. The number of anilines is 1. The van der Waals surface area contributed by atoms with Gasteiger partial charge in [-0.05, 0) is 43.2 Å². The smallest absolute Gasteiger partial charge is 0.255 e. The van der Waals surface area contributed by atoms with Crippen LogP contribution in [0.25, 0.3) is 11.3 Å². The van der Waals surface area contributed by atoms with Crippen molar-refractivity contribution in [3.05, 3.63) is 64.5 Å². The Balaban J connectivity index is 1.60. The number of hydrogen-bond acceptors (Lipinski definition) is 6. The van der Waals surface area contributed by atoms with Crippen LogP contribution in [-0.4, -0.2) is 36.0 Å². The highest BCUT2D eigenvalue weighted by molar-refractivity contribution is 5.96. The lowest BCUT2D eigenvalue weighted by molar-refractivity contribution is 0.0669. The predicted molar refractivity (Wildman–Crippen MR) is 120 cm³/mol. The third-order valence-electron chi connectivity index (χ3n) is 5.84. The Kier molecular flexibility index (Phi) is 6.93. The minimum Gasteiger partial charge on any atom is -0.496 e. The van der Waals surface area contributed by atoms with E-state index in [0.717, 1.165) is 24.3 Å². The molecule has 0 saturated carbocycles. The van der Waals surface area contributed by atoms with E-state index in [9.17, 15) is 23.2 Å². The van der Waals surface area contributed by atoms with Crippen molar-refractivity contribution in [1.29, 1.82) is 5.26 Å².